The van der Waals surface area contributed by atoms with Gasteiger partial charge in [0, 0.05) is 15.5 Å². The van der Waals surface area contributed by atoms with Gasteiger partial charge in [-0.05, 0) is 87.5 Å². The van der Waals surface area contributed by atoms with Gasteiger partial charge in [0.1, 0.15) is 0 Å². The van der Waals surface area contributed by atoms with Crippen LogP contribution in [0.1, 0.15) is 70.8 Å². The molecule has 0 nitrogen and oxygen atoms in total. The molecule has 0 aliphatic heterocycles. The molecule has 0 unspecified atom stereocenters. The van der Waals surface area contributed by atoms with Crippen molar-refractivity contribution in [2.45, 2.75) is 65.2 Å². The maximum atomic E-state index is 3.60. The van der Waals surface area contributed by atoms with Gasteiger partial charge >= 0.3 is 0 Å². The van der Waals surface area contributed by atoms with Crippen LogP contribution in [0.5, 0.6) is 0 Å². The van der Waals surface area contributed by atoms with Crippen molar-refractivity contribution in [3.05, 3.63) is 34.3 Å². The topological polar surface area (TPSA) is 0 Å². The third kappa shape index (κ3) is 4.63. The van der Waals surface area contributed by atoms with Crippen LogP contribution in [-0.4, -0.2) is 0 Å². The second kappa shape index (κ2) is 7.43. The minimum absolute atomic E-state index is 0.228. The molecule has 23 heavy (non-hydrogen) atoms. The molecule has 0 atom stereocenters. The van der Waals surface area contributed by atoms with E-state index < -0.39 is 0 Å². The summed E-state index contributed by atoms with van der Waals surface area (Å²) in [6.45, 7) is 4.80. The van der Waals surface area contributed by atoms with Crippen molar-refractivity contribution >= 4 is 15.9 Å². The Morgan fingerprint density at radius 1 is 0.913 bits per heavy atom. The summed E-state index contributed by atoms with van der Waals surface area (Å²) in [6.07, 6.45) is 11.2. The number of hydrogen-bond donors (Lipinski definition) is 0. The zero-order valence-corrected chi connectivity index (χ0v) is 16.2. The van der Waals surface area contributed by atoms with E-state index in [0.29, 0.717) is 0 Å². The second-order valence-corrected chi connectivity index (χ2v) is 9.09. The lowest BCUT2D eigenvalue weighted by molar-refractivity contribution is 0.134. The van der Waals surface area contributed by atoms with Crippen LogP contribution in [0, 0.1) is 35.0 Å². The number of benzene rings is 1. The Bertz CT molecular complexity index is 558. The smallest absolute Gasteiger partial charge is 0.0290 e. The summed E-state index contributed by atoms with van der Waals surface area (Å²) in [5, 5.41) is 0. The molecule has 0 amide bonds. The first-order valence-corrected chi connectivity index (χ1v) is 10.1. The highest BCUT2D eigenvalue weighted by Gasteiger charge is 2.34. The zero-order valence-electron chi connectivity index (χ0n) is 14.6. The molecule has 1 aromatic rings. The average molecular weight is 373 g/mol. The van der Waals surface area contributed by atoms with Gasteiger partial charge in [-0.15, -0.1) is 0 Å². The van der Waals surface area contributed by atoms with Crippen LogP contribution in [0.2, 0.25) is 0 Å². The third-order valence-electron chi connectivity index (χ3n) is 6.21. The van der Waals surface area contributed by atoms with E-state index in [1.165, 1.54) is 51.4 Å². The van der Waals surface area contributed by atoms with E-state index in [4.69, 9.17) is 0 Å². The minimum atomic E-state index is 0.228. The molecule has 1 heteroatoms. The van der Waals surface area contributed by atoms with Gasteiger partial charge in [-0.3, -0.25) is 0 Å². The third-order valence-corrected chi connectivity index (χ3v) is 6.74. The number of hydrogen-bond acceptors (Lipinski definition) is 0. The summed E-state index contributed by atoms with van der Waals surface area (Å²) >= 11 is 3.48. The van der Waals surface area contributed by atoms with Crippen LogP contribution in [0.4, 0.5) is 0 Å². The van der Waals surface area contributed by atoms with E-state index in [1.807, 2.05) is 0 Å². The fourth-order valence-electron chi connectivity index (χ4n) is 4.39. The lowest BCUT2D eigenvalue weighted by Gasteiger charge is -2.39. The Kier molecular flexibility index (Phi) is 5.53. The van der Waals surface area contributed by atoms with E-state index >= 15 is 0 Å². The van der Waals surface area contributed by atoms with Crippen molar-refractivity contribution in [2.24, 2.45) is 23.2 Å². The maximum absolute atomic E-state index is 3.60. The Morgan fingerprint density at radius 2 is 1.48 bits per heavy atom. The van der Waals surface area contributed by atoms with Crippen LogP contribution in [0.15, 0.2) is 28.7 Å². The summed E-state index contributed by atoms with van der Waals surface area (Å²) in [5.41, 5.74) is 1.36. The molecule has 2 aliphatic carbocycles. The van der Waals surface area contributed by atoms with Gasteiger partial charge in [0.25, 0.3) is 0 Å². The van der Waals surface area contributed by atoms with Crippen molar-refractivity contribution in [2.75, 3.05) is 0 Å². The predicted octanol–water partition coefficient (Wildman–Crippen LogP) is 6.82. The lowest BCUT2D eigenvalue weighted by atomic mass is 9.65. The quantitative estimate of drug-likeness (QED) is 0.474. The van der Waals surface area contributed by atoms with E-state index in [9.17, 15) is 0 Å². The van der Waals surface area contributed by atoms with E-state index in [1.54, 1.807) is 0 Å². The van der Waals surface area contributed by atoms with E-state index in [-0.39, 0.29) is 5.41 Å². The minimum Gasteiger partial charge on any atom is -0.0914 e. The fourth-order valence-corrected chi connectivity index (χ4v) is 4.65. The Hall–Kier alpha value is -0.740. The summed E-state index contributed by atoms with van der Waals surface area (Å²) in [7, 11) is 0. The largest absolute Gasteiger partial charge is 0.0914 e. The second-order valence-electron chi connectivity index (χ2n) is 8.17. The molecule has 0 saturated heterocycles. The number of halogens is 1. The van der Waals surface area contributed by atoms with Gasteiger partial charge in [-0.1, -0.05) is 47.5 Å². The van der Waals surface area contributed by atoms with Crippen molar-refractivity contribution in [3.8, 4) is 11.8 Å². The van der Waals surface area contributed by atoms with E-state index in [2.05, 4.69) is 65.9 Å². The SMILES string of the molecule is CC1CCC(C2CCC(C)(C#Cc3ccc(Br)cc3)CC2)CC1. The lowest BCUT2D eigenvalue weighted by Crippen LogP contribution is -2.29. The Labute approximate surface area is 150 Å². The predicted molar refractivity (Wildman–Crippen MR) is 102 cm³/mol. The monoisotopic (exact) mass is 372 g/mol. The first-order valence-electron chi connectivity index (χ1n) is 9.33. The first kappa shape index (κ1) is 17.1. The molecule has 0 spiro atoms. The van der Waals surface area contributed by atoms with Crippen molar-refractivity contribution in [1.29, 1.82) is 0 Å². The normalized spacial score (nSPS) is 34.5. The zero-order chi connectivity index (χ0) is 16.3. The molecule has 2 saturated carbocycles. The van der Waals surface area contributed by atoms with Gasteiger partial charge < -0.3 is 0 Å². The summed E-state index contributed by atoms with van der Waals surface area (Å²) in [4.78, 5) is 0. The van der Waals surface area contributed by atoms with Crippen molar-refractivity contribution in [1.82, 2.24) is 0 Å². The van der Waals surface area contributed by atoms with Gasteiger partial charge in [-0.25, -0.2) is 0 Å². The average Bonchev–Trinajstić information content (AvgIpc) is 2.56. The first-order chi connectivity index (χ1) is 11.0. The van der Waals surface area contributed by atoms with Crippen LogP contribution < -0.4 is 0 Å². The molecule has 0 aromatic heterocycles. The highest BCUT2D eigenvalue weighted by atomic mass is 79.9. The van der Waals surface area contributed by atoms with Gasteiger partial charge in [0.15, 0.2) is 0 Å². The van der Waals surface area contributed by atoms with Crippen LogP contribution >= 0.6 is 15.9 Å². The molecule has 2 fully saturated rings. The molecule has 2 aliphatic rings. The van der Waals surface area contributed by atoms with Gasteiger partial charge in [0.2, 0.25) is 0 Å². The molecule has 124 valence electrons. The highest BCUT2D eigenvalue weighted by Crippen LogP contribution is 2.45. The molecule has 1 aromatic carbocycles. The molecule has 0 N–H and O–H groups in total. The van der Waals surface area contributed by atoms with Crippen molar-refractivity contribution in [3.63, 3.8) is 0 Å². The summed E-state index contributed by atoms with van der Waals surface area (Å²) < 4.78 is 1.12. The summed E-state index contributed by atoms with van der Waals surface area (Å²) in [6, 6.07) is 8.37. The van der Waals surface area contributed by atoms with E-state index in [0.717, 1.165) is 27.8 Å². The molecule has 0 radical (unpaired) electrons. The van der Waals surface area contributed by atoms with Crippen LogP contribution in [0.3, 0.4) is 0 Å². The van der Waals surface area contributed by atoms with Crippen LogP contribution in [-0.2, 0) is 0 Å². The fraction of sp³-hybridized carbons (Fsp3) is 0.636. The van der Waals surface area contributed by atoms with Gasteiger partial charge in [0.05, 0.1) is 0 Å². The Balaban J connectivity index is 1.56. The molecular formula is C22H29Br. The molecular weight excluding hydrogens is 344 g/mol. The molecule has 3 rings (SSSR count). The Morgan fingerprint density at radius 3 is 2.09 bits per heavy atom. The standard InChI is InChI=1S/C22H29Br/c1-17-3-7-19(8-4-17)20-12-15-22(2,16-13-20)14-11-18-5-9-21(23)10-6-18/h5-6,9-10,17,19-20H,3-4,7-8,12-13,15-16H2,1-2H3. The van der Waals surface area contributed by atoms with Crippen molar-refractivity contribution < 1.29 is 0 Å². The van der Waals surface area contributed by atoms with Crippen LogP contribution in [0.25, 0.3) is 0 Å². The van der Waals surface area contributed by atoms with Gasteiger partial charge in [-0.2, -0.15) is 0 Å². The molecule has 0 heterocycles. The number of rotatable bonds is 1. The maximum Gasteiger partial charge on any atom is 0.0290 e. The highest BCUT2D eigenvalue weighted by molar-refractivity contribution is 9.10. The molecule has 0 bridgehead atoms. The summed E-state index contributed by atoms with van der Waals surface area (Å²) in [5.74, 6) is 9.97.